The molecule has 0 aromatic heterocycles. The molecule has 1 aromatic rings. The zero-order valence-electron chi connectivity index (χ0n) is 12.6. The van der Waals surface area contributed by atoms with E-state index in [1.807, 2.05) is 18.2 Å². The molecule has 0 saturated heterocycles. The lowest BCUT2D eigenvalue weighted by Gasteiger charge is -2.27. The molecule has 1 fully saturated rings. The predicted molar refractivity (Wildman–Crippen MR) is 85.2 cm³/mol. The number of halogens is 1. The highest BCUT2D eigenvalue weighted by molar-refractivity contribution is 6.30. The summed E-state index contributed by atoms with van der Waals surface area (Å²) in [5.41, 5.74) is 1.17. The maximum absolute atomic E-state index is 6.12. The van der Waals surface area contributed by atoms with Gasteiger partial charge < -0.3 is 10.1 Å². The number of hydrogen-bond acceptors (Lipinski definition) is 2. The molecule has 3 heteroatoms. The van der Waals surface area contributed by atoms with E-state index in [4.69, 9.17) is 16.3 Å². The van der Waals surface area contributed by atoms with Crippen molar-refractivity contribution in [2.75, 3.05) is 13.2 Å². The van der Waals surface area contributed by atoms with Crippen LogP contribution in [0.3, 0.4) is 0 Å². The zero-order chi connectivity index (χ0) is 14.4. The van der Waals surface area contributed by atoms with Gasteiger partial charge in [-0.3, -0.25) is 0 Å². The second-order valence-electron chi connectivity index (χ2n) is 6.06. The van der Waals surface area contributed by atoms with Crippen molar-refractivity contribution in [2.45, 2.75) is 51.7 Å². The van der Waals surface area contributed by atoms with Gasteiger partial charge >= 0.3 is 0 Å². The molecule has 112 valence electrons. The third-order valence-electron chi connectivity index (χ3n) is 4.00. The van der Waals surface area contributed by atoms with Crippen LogP contribution < -0.4 is 5.32 Å². The third kappa shape index (κ3) is 5.08. The van der Waals surface area contributed by atoms with Crippen LogP contribution >= 0.6 is 11.6 Å². The summed E-state index contributed by atoms with van der Waals surface area (Å²) in [7, 11) is 0. The quantitative estimate of drug-likeness (QED) is 0.757. The average molecular weight is 296 g/mol. The number of nitrogens with one attached hydrogen (secondary N) is 1. The molecule has 0 heterocycles. The summed E-state index contributed by atoms with van der Waals surface area (Å²) < 4.78 is 6.12. The van der Waals surface area contributed by atoms with Crippen molar-refractivity contribution in [1.29, 1.82) is 0 Å². The van der Waals surface area contributed by atoms with Crippen LogP contribution in [0.5, 0.6) is 0 Å². The standard InChI is InChI=1S/C17H26ClNO/c1-13(2)19-12-17(15-7-4-8-16(18)11-15)20-10-9-14-5-3-6-14/h4,7-8,11,13-14,17,19H,3,5-6,9-10,12H2,1-2H3. The topological polar surface area (TPSA) is 21.3 Å². The summed E-state index contributed by atoms with van der Waals surface area (Å²) in [6.45, 7) is 6.00. The fraction of sp³-hybridized carbons (Fsp3) is 0.647. The first-order valence-electron chi connectivity index (χ1n) is 7.75. The molecule has 2 nitrogen and oxygen atoms in total. The molecule has 1 aliphatic rings. The lowest BCUT2D eigenvalue weighted by molar-refractivity contribution is 0.0361. The van der Waals surface area contributed by atoms with E-state index in [0.717, 1.165) is 24.1 Å². The van der Waals surface area contributed by atoms with E-state index in [0.29, 0.717) is 6.04 Å². The van der Waals surface area contributed by atoms with Gasteiger partial charge in [0.05, 0.1) is 6.10 Å². The summed E-state index contributed by atoms with van der Waals surface area (Å²) in [6, 6.07) is 8.48. The first-order chi connectivity index (χ1) is 9.65. The SMILES string of the molecule is CC(C)NCC(OCCC1CCC1)c1cccc(Cl)c1. The fourth-order valence-corrected chi connectivity index (χ4v) is 2.68. The second-order valence-corrected chi connectivity index (χ2v) is 6.50. The van der Waals surface area contributed by atoms with Crippen molar-refractivity contribution < 1.29 is 4.74 Å². The first-order valence-corrected chi connectivity index (χ1v) is 8.13. The molecule has 1 aliphatic carbocycles. The lowest BCUT2D eigenvalue weighted by Crippen LogP contribution is -2.29. The summed E-state index contributed by atoms with van der Waals surface area (Å²) in [6.07, 6.45) is 5.46. The van der Waals surface area contributed by atoms with Gasteiger partial charge in [0, 0.05) is 24.2 Å². The molecule has 1 saturated carbocycles. The molecule has 2 rings (SSSR count). The second kappa shape index (κ2) is 8.02. The van der Waals surface area contributed by atoms with Crippen LogP contribution in [0, 0.1) is 5.92 Å². The van der Waals surface area contributed by atoms with Gasteiger partial charge in [-0.1, -0.05) is 56.8 Å². The van der Waals surface area contributed by atoms with Gasteiger partial charge in [-0.05, 0) is 30.0 Å². The number of hydrogen-bond donors (Lipinski definition) is 1. The normalized spacial score (nSPS) is 17.2. The Bertz CT molecular complexity index is 404. The average Bonchev–Trinajstić information content (AvgIpc) is 2.35. The van der Waals surface area contributed by atoms with Crippen LogP contribution in [0.15, 0.2) is 24.3 Å². The lowest BCUT2D eigenvalue weighted by atomic mass is 9.83. The Balaban J connectivity index is 1.88. The van der Waals surface area contributed by atoms with Gasteiger partial charge in [0.15, 0.2) is 0 Å². The highest BCUT2D eigenvalue weighted by Crippen LogP contribution is 2.30. The van der Waals surface area contributed by atoms with Crippen LogP contribution in [0.1, 0.15) is 51.2 Å². The molecule has 1 atom stereocenters. The smallest absolute Gasteiger partial charge is 0.0949 e. The molecule has 0 aliphatic heterocycles. The Labute approximate surface area is 127 Å². The van der Waals surface area contributed by atoms with E-state index in [2.05, 4.69) is 25.2 Å². The molecule has 0 radical (unpaired) electrons. The van der Waals surface area contributed by atoms with E-state index in [1.165, 1.54) is 31.2 Å². The van der Waals surface area contributed by atoms with Crippen molar-refractivity contribution in [3.63, 3.8) is 0 Å². The van der Waals surface area contributed by atoms with Crippen LogP contribution in [0.4, 0.5) is 0 Å². The Morgan fingerprint density at radius 2 is 2.15 bits per heavy atom. The van der Waals surface area contributed by atoms with Gasteiger partial charge in [0.25, 0.3) is 0 Å². The summed E-state index contributed by atoms with van der Waals surface area (Å²) in [5.74, 6) is 0.896. The minimum atomic E-state index is 0.0937. The molecular formula is C17H26ClNO. The Morgan fingerprint density at radius 3 is 2.75 bits per heavy atom. The Morgan fingerprint density at radius 1 is 1.35 bits per heavy atom. The zero-order valence-corrected chi connectivity index (χ0v) is 13.3. The molecule has 1 aromatic carbocycles. The van der Waals surface area contributed by atoms with Crippen molar-refractivity contribution in [3.8, 4) is 0 Å². The number of rotatable bonds is 8. The maximum atomic E-state index is 6.12. The molecule has 1 unspecified atom stereocenters. The van der Waals surface area contributed by atoms with Crippen LogP contribution in [-0.4, -0.2) is 19.2 Å². The van der Waals surface area contributed by atoms with E-state index < -0.39 is 0 Å². The molecule has 20 heavy (non-hydrogen) atoms. The van der Waals surface area contributed by atoms with E-state index >= 15 is 0 Å². The van der Waals surface area contributed by atoms with Crippen LogP contribution in [0.25, 0.3) is 0 Å². The first kappa shape index (κ1) is 15.8. The van der Waals surface area contributed by atoms with Crippen molar-refractivity contribution in [2.24, 2.45) is 5.92 Å². The molecular weight excluding hydrogens is 270 g/mol. The van der Waals surface area contributed by atoms with E-state index in [1.54, 1.807) is 0 Å². The molecule has 1 N–H and O–H groups in total. The largest absolute Gasteiger partial charge is 0.372 e. The Kier molecular flexibility index (Phi) is 6.34. The summed E-state index contributed by atoms with van der Waals surface area (Å²) in [4.78, 5) is 0. The van der Waals surface area contributed by atoms with Crippen LogP contribution in [-0.2, 0) is 4.74 Å². The number of ether oxygens (including phenoxy) is 1. The fourth-order valence-electron chi connectivity index (χ4n) is 2.48. The van der Waals surface area contributed by atoms with Gasteiger partial charge in [0.2, 0.25) is 0 Å². The molecule has 0 amide bonds. The van der Waals surface area contributed by atoms with Gasteiger partial charge in [-0.15, -0.1) is 0 Å². The monoisotopic (exact) mass is 295 g/mol. The maximum Gasteiger partial charge on any atom is 0.0949 e. The van der Waals surface area contributed by atoms with Crippen molar-refractivity contribution in [3.05, 3.63) is 34.9 Å². The third-order valence-corrected chi connectivity index (χ3v) is 4.24. The van der Waals surface area contributed by atoms with Gasteiger partial charge in [-0.25, -0.2) is 0 Å². The van der Waals surface area contributed by atoms with Crippen molar-refractivity contribution >= 4 is 11.6 Å². The minimum absolute atomic E-state index is 0.0937. The molecule has 0 spiro atoms. The van der Waals surface area contributed by atoms with Crippen molar-refractivity contribution in [1.82, 2.24) is 5.32 Å². The Hall–Kier alpha value is -0.570. The summed E-state index contributed by atoms with van der Waals surface area (Å²) in [5, 5.41) is 4.24. The summed E-state index contributed by atoms with van der Waals surface area (Å²) >= 11 is 6.09. The van der Waals surface area contributed by atoms with Gasteiger partial charge in [0.1, 0.15) is 0 Å². The highest BCUT2D eigenvalue weighted by atomic mass is 35.5. The highest BCUT2D eigenvalue weighted by Gasteiger charge is 2.18. The molecule has 0 bridgehead atoms. The van der Waals surface area contributed by atoms with Crippen LogP contribution in [0.2, 0.25) is 5.02 Å². The van der Waals surface area contributed by atoms with Gasteiger partial charge in [-0.2, -0.15) is 0 Å². The number of benzene rings is 1. The van der Waals surface area contributed by atoms with E-state index in [9.17, 15) is 0 Å². The minimum Gasteiger partial charge on any atom is -0.372 e. The van der Waals surface area contributed by atoms with E-state index in [-0.39, 0.29) is 6.10 Å². The predicted octanol–water partition coefficient (Wildman–Crippen LogP) is 4.59.